The first-order valence-electron chi connectivity index (χ1n) is 5.81. The molecule has 1 saturated carbocycles. The van der Waals surface area contributed by atoms with Crippen LogP contribution in [0.1, 0.15) is 38.4 Å². The molecule has 1 aromatic heterocycles. The van der Waals surface area contributed by atoms with E-state index in [1.807, 2.05) is 0 Å². The molecule has 16 heavy (non-hydrogen) atoms. The summed E-state index contributed by atoms with van der Waals surface area (Å²) in [7, 11) is 0. The lowest BCUT2D eigenvalue weighted by Crippen LogP contribution is -2.26. The summed E-state index contributed by atoms with van der Waals surface area (Å²) in [4.78, 5) is 6.79. The quantitative estimate of drug-likeness (QED) is 0.761. The second kappa shape index (κ2) is 5.26. The van der Waals surface area contributed by atoms with Gasteiger partial charge in [0.2, 0.25) is 5.13 Å². The van der Waals surface area contributed by atoms with Crippen LogP contribution < -0.4 is 4.90 Å². The van der Waals surface area contributed by atoms with Gasteiger partial charge in [-0.2, -0.15) is 9.64 Å². The minimum absolute atomic E-state index is 0.569. The van der Waals surface area contributed by atoms with Crippen LogP contribution >= 0.6 is 11.5 Å². The molecule has 5 heteroatoms. The van der Waals surface area contributed by atoms with Gasteiger partial charge in [0.1, 0.15) is 5.82 Å². The molecular formula is C11H16N4S. The number of nitrogens with zero attached hydrogens (tertiary/aromatic N) is 4. The third kappa shape index (κ3) is 2.70. The van der Waals surface area contributed by atoms with Crippen molar-refractivity contribution in [2.75, 3.05) is 11.4 Å². The van der Waals surface area contributed by atoms with Crippen LogP contribution in [-0.4, -0.2) is 21.9 Å². The zero-order valence-electron chi connectivity index (χ0n) is 9.52. The van der Waals surface area contributed by atoms with Gasteiger partial charge in [-0.1, -0.05) is 6.92 Å². The van der Waals surface area contributed by atoms with Gasteiger partial charge in [0.15, 0.2) is 0 Å². The average Bonchev–Trinajstić information content (AvgIpc) is 3.01. The molecule has 1 aliphatic carbocycles. The second-order valence-electron chi connectivity index (χ2n) is 4.08. The van der Waals surface area contributed by atoms with Gasteiger partial charge in [-0.3, -0.25) is 0 Å². The molecule has 0 atom stereocenters. The molecule has 0 saturated heterocycles. The van der Waals surface area contributed by atoms with Gasteiger partial charge in [-0.15, -0.1) is 0 Å². The average molecular weight is 236 g/mol. The maximum absolute atomic E-state index is 8.64. The lowest BCUT2D eigenvalue weighted by atomic mass is 10.3. The van der Waals surface area contributed by atoms with Crippen LogP contribution in [0.3, 0.4) is 0 Å². The summed E-state index contributed by atoms with van der Waals surface area (Å²) in [5.74, 6) is 0.949. The molecule has 0 amide bonds. The Morgan fingerprint density at radius 1 is 1.56 bits per heavy atom. The van der Waals surface area contributed by atoms with E-state index in [2.05, 4.69) is 27.3 Å². The molecule has 1 heterocycles. The largest absolute Gasteiger partial charge is 0.343 e. The standard InChI is InChI=1S/C11H16N4S/c1-2-4-10-13-11(16-14-10)15(8-3-7-12)9-5-6-9/h9H,2-6,8H2,1H3. The van der Waals surface area contributed by atoms with Crippen molar-refractivity contribution < 1.29 is 0 Å². The first kappa shape index (κ1) is 11.3. The fourth-order valence-corrected chi connectivity index (χ4v) is 2.49. The Hall–Kier alpha value is -1.15. The van der Waals surface area contributed by atoms with Gasteiger partial charge in [-0.05, 0) is 19.3 Å². The zero-order chi connectivity index (χ0) is 11.4. The van der Waals surface area contributed by atoms with E-state index < -0.39 is 0 Å². The molecule has 4 nitrogen and oxygen atoms in total. The molecule has 1 fully saturated rings. The number of aryl methyl sites for hydroxylation is 1. The van der Waals surface area contributed by atoms with Crippen LogP contribution in [0.2, 0.25) is 0 Å². The van der Waals surface area contributed by atoms with Gasteiger partial charge in [-0.25, -0.2) is 4.98 Å². The number of hydrogen-bond acceptors (Lipinski definition) is 5. The molecule has 0 spiro atoms. The van der Waals surface area contributed by atoms with Crippen molar-refractivity contribution in [3.05, 3.63) is 5.82 Å². The third-order valence-electron chi connectivity index (χ3n) is 2.63. The first-order chi connectivity index (χ1) is 7.85. The summed E-state index contributed by atoms with van der Waals surface area (Å²) in [6.45, 7) is 2.93. The Kier molecular flexibility index (Phi) is 3.73. The molecule has 86 valence electrons. The fourth-order valence-electron chi connectivity index (χ4n) is 1.68. The minimum Gasteiger partial charge on any atom is -0.343 e. The van der Waals surface area contributed by atoms with E-state index >= 15 is 0 Å². The molecule has 0 radical (unpaired) electrons. The van der Waals surface area contributed by atoms with Gasteiger partial charge >= 0.3 is 0 Å². The molecule has 0 N–H and O–H groups in total. The number of aromatic nitrogens is 2. The van der Waals surface area contributed by atoms with Crippen LogP contribution in [0.15, 0.2) is 0 Å². The number of hydrogen-bond donors (Lipinski definition) is 0. The molecular weight excluding hydrogens is 220 g/mol. The van der Waals surface area contributed by atoms with Crippen LogP contribution in [0.25, 0.3) is 0 Å². The summed E-state index contributed by atoms with van der Waals surface area (Å²) >= 11 is 1.47. The van der Waals surface area contributed by atoms with Crippen molar-refractivity contribution in [1.29, 1.82) is 5.26 Å². The maximum Gasteiger partial charge on any atom is 0.205 e. The molecule has 0 aliphatic heterocycles. The molecule has 1 aromatic rings. The predicted molar refractivity (Wildman–Crippen MR) is 64.5 cm³/mol. The van der Waals surface area contributed by atoms with E-state index in [4.69, 9.17) is 5.26 Å². The van der Waals surface area contributed by atoms with Gasteiger partial charge in [0.25, 0.3) is 0 Å². The van der Waals surface area contributed by atoms with Gasteiger partial charge in [0.05, 0.1) is 12.5 Å². The Labute approximate surface area is 100 Å². The Bertz CT molecular complexity index is 378. The highest BCUT2D eigenvalue weighted by atomic mass is 32.1. The number of nitriles is 1. The van der Waals surface area contributed by atoms with Crippen molar-refractivity contribution in [3.8, 4) is 6.07 Å². The van der Waals surface area contributed by atoms with E-state index in [1.54, 1.807) is 0 Å². The molecule has 2 rings (SSSR count). The minimum atomic E-state index is 0.569. The van der Waals surface area contributed by atoms with Crippen molar-refractivity contribution >= 4 is 16.7 Å². The van der Waals surface area contributed by atoms with E-state index in [-0.39, 0.29) is 0 Å². The highest BCUT2D eigenvalue weighted by Gasteiger charge is 2.30. The lowest BCUT2D eigenvalue weighted by molar-refractivity contribution is 0.779. The van der Waals surface area contributed by atoms with E-state index in [0.29, 0.717) is 12.5 Å². The molecule has 0 aromatic carbocycles. The predicted octanol–water partition coefficient (Wildman–Crippen LogP) is 2.37. The van der Waals surface area contributed by atoms with Crippen molar-refractivity contribution in [3.63, 3.8) is 0 Å². The van der Waals surface area contributed by atoms with Crippen LogP contribution in [-0.2, 0) is 6.42 Å². The van der Waals surface area contributed by atoms with Crippen molar-refractivity contribution in [1.82, 2.24) is 9.36 Å². The number of rotatable bonds is 6. The lowest BCUT2D eigenvalue weighted by Gasteiger charge is -2.18. The fraction of sp³-hybridized carbons (Fsp3) is 0.727. The first-order valence-corrected chi connectivity index (χ1v) is 6.58. The van der Waals surface area contributed by atoms with E-state index in [0.717, 1.165) is 30.3 Å². The van der Waals surface area contributed by atoms with Crippen molar-refractivity contribution in [2.45, 2.75) is 45.1 Å². The Balaban J connectivity index is 2.03. The monoisotopic (exact) mass is 236 g/mol. The Morgan fingerprint density at radius 2 is 2.38 bits per heavy atom. The second-order valence-corrected chi connectivity index (χ2v) is 4.81. The van der Waals surface area contributed by atoms with Gasteiger partial charge in [0, 0.05) is 30.5 Å². The summed E-state index contributed by atoms with van der Waals surface area (Å²) in [5, 5.41) is 9.65. The van der Waals surface area contributed by atoms with E-state index in [9.17, 15) is 0 Å². The van der Waals surface area contributed by atoms with Crippen molar-refractivity contribution in [2.24, 2.45) is 0 Å². The molecule has 0 bridgehead atoms. The number of anilines is 1. The van der Waals surface area contributed by atoms with Crippen LogP contribution in [0, 0.1) is 11.3 Å². The van der Waals surface area contributed by atoms with Crippen LogP contribution in [0.5, 0.6) is 0 Å². The summed E-state index contributed by atoms with van der Waals surface area (Å²) in [5.41, 5.74) is 0. The topological polar surface area (TPSA) is 52.8 Å². The summed E-state index contributed by atoms with van der Waals surface area (Å²) < 4.78 is 4.35. The molecule has 0 unspecified atom stereocenters. The van der Waals surface area contributed by atoms with E-state index in [1.165, 1.54) is 24.4 Å². The van der Waals surface area contributed by atoms with Gasteiger partial charge < -0.3 is 4.90 Å². The smallest absolute Gasteiger partial charge is 0.205 e. The highest BCUT2D eigenvalue weighted by molar-refractivity contribution is 7.09. The summed E-state index contributed by atoms with van der Waals surface area (Å²) in [6.07, 6.45) is 5.06. The SMILES string of the molecule is CCCc1nsc(N(CCC#N)C2CC2)n1. The Morgan fingerprint density at radius 3 is 3.00 bits per heavy atom. The maximum atomic E-state index is 8.64. The summed E-state index contributed by atoms with van der Waals surface area (Å²) in [6, 6.07) is 2.80. The highest BCUT2D eigenvalue weighted by Crippen LogP contribution is 2.32. The molecule has 1 aliphatic rings. The zero-order valence-corrected chi connectivity index (χ0v) is 10.3. The van der Waals surface area contributed by atoms with Crippen LogP contribution in [0.4, 0.5) is 5.13 Å². The third-order valence-corrected chi connectivity index (χ3v) is 3.42. The normalized spacial score (nSPS) is 14.8.